The van der Waals surface area contributed by atoms with E-state index in [0.29, 0.717) is 17.3 Å². The summed E-state index contributed by atoms with van der Waals surface area (Å²) in [7, 11) is 0. The molecule has 1 aliphatic rings. The van der Waals surface area contributed by atoms with Crippen molar-refractivity contribution in [3.05, 3.63) is 29.3 Å². The second-order valence-corrected chi connectivity index (χ2v) is 5.15. The van der Waals surface area contributed by atoms with Crippen LogP contribution in [0.15, 0.2) is 18.2 Å². The fourth-order valence-electron chi connectivity index (χ4n) is 2.75. The summed E-state index contributed by atoms with van der Waals surface area (Å²) < 4.78 is 0. The Labute approximate surface area is 115 Å². The molecule has 19 heavy (non-hydrogen) atoms. The van der Waals surface area contributed by atoms with Crippen LogP contribution >= 0.6 is 0 Å². The third-order valence-electron chi connectivity index (χ3n) is 4.02. The van der Waals surface area contributed by atoms with Gasteiger partial charge in [-0.2, -0.15) is 0 Å². The van der Waals surface area contributed by atoms with Crippen LogP contribution in [0.2, 0.25) is 0 Å². The molecule has 1 saturated heterocycles. The minimum atomic E-state index is -0.0206. The SMILES string of the molecule is CCN1CCCC1CNC(=O)c1cccc(N)c1C. The standard InChI is InChI=1S/C15H23N3O/c1-3-18-9-5-6-12(18)10-17-15(19)13-7-4-8-14(16)11(13)2/h4,7-8,12H,3,5-6,9-10,16H2,1-2H3,(H,17,19). The van der Waals surface area contributed by atoms with E-state index >= 15 is 0 Å². The Bertz CT molecular complexity index is 459. The number of likely N-dealkylation sites (tertiary alicyclic amines) is 1. The predicted molar refractivity (Wildman–Crippen MR) is 78.2 cm³/mol. The van der Waals surface area contributed by atoms with E-state index in [2.05, 4.69) is 17.1 Å². The Hall–Kier alpha value is -1.55. The number of amides is 1. The van der Waals surface area contributed by atoms with Gasteiger partial charge in [-0.15, -0.1) is 0 Å². The molecule has 1 fully saturated rings. The maximum Gasteiger partial charge on any atom is 0.251 e. The molecule has 0 radical (unpaired) electrons. The van der Waals surface area contributed by atoms with Crippen molar-refractivity contribution in [3.63, 3.8) is 0 Å². The number of hydrogen-bond acceptors (Lipinski definition) is 3. The van der Waals surface area contributed by atoms with Crippen LogP contribution in [0.3, 0.4) is 0 Å². The van der Waals surface area contributed by atoms with Gasteiger partial charge in [0.25, 0.3) is 5.91 Å². The van der Waals surface area contributed by atoms with Crippen LogP contribution in [0, 0.1) is 6.92 Å². The highest BCUT2D eigenvalue weighted by Gasteiger charge is 2.23. The van der Waals surface area contributed by atoms with Gasteiger partial charge in [0.2, 0.25) is 0 Å². The first-order chi connectivity index (χ1) is 9.13. The van der Waals surface area contributed by atoms with E-state index in [4.69, 9.17) is 5.73 Å². The van der Waals surface area contributed by atoms with E-state index in [1.807, 2.05) is 25.1 Å². The van der Waals surface area contributed by atoms with Gasteiger partial charge in [0.15, 0.2) is 0 Å². The van der Waals surface area contributed by atoms with Crippen LogP contribution in [-0.4, -0.2) is 36.5 Å². The second-order valence-electron chi connectivity index (χ2n) is 5.15. The first-order valence-electron chi connectivity index (χ1n) is 7.00. The van der Waals surface area contributed by atoms with Crippen molar-refractivity contribution in [2.24, 2.45) is 0 Å². The molecule has 0 saturated carbocycles. The molecule has 4 heteroatoms. The molecule has 0 aliphatic carbocycles. The predicted octanol–water partition coefficient (Wildman–Crippen LogP) is 1.79. The lowest BCUT2D eigenvalue weighted by molar-refractivity contribution is 0.0941. The average Bonchev–Trinajstić information content (AvgIpc) is 2.86. The number of hydrogen-bond donors (Lipinski definition) is 2. The zero-order valence-corrected chi connectivity index (χ0v) is 11.8. The summed E-state index contributed by atoms with van der Waals surface area (Å²) in [5.41, 5.74) is 8.04. The van der Waals surface area contributed by atoms with Crippen molar-refractivity contribution < 1.29 is 4.79 Å². The van der Waals surface area contributed by atoms with E-state index in [1.54, 1.807) is 0 Å². The van der Waals surface area contributed by atoms with Crippen LogP contribution < -0.4 is 11.1 Å². The number of benzene rings is 1. The van der Waals surface area contributed by atoms with Crippen LogP contribution in [0.4, 0.5) is 5.69 Å². The Morgan fingerprint density at radius 1 is 1.53 bits per heavy atom. The van der Waals surface area contributed by atoms with Gasteiger partial charge in [0.1, 0.15) is 0 Å². The van der Waals surface area contributed by atoms with E-state index in [9.17, 15) is 4.79 Å². The first-order valence-corrected chi connectivity index (χ1v) is 7.00. The van der Waals surface area contributed by atoms with Gasteiger partial charge in [-0.25, -0.2) is 0 Å². The Balaban J connectivity index is 1.96. The van der Waals surface area contributed by atoms with Crippen LogP contribution in [-0.2, 0) is 0 Å². The zero-order chi connectivity index (χ0) is 13.8. The summed E-state index contributed by atoms with van der Waals surface area (Å²) in [6.07, 6.45) is 2.40. The quantitative estimate of drug-likeness (QED) is 0.812. The second kappa shape index (κ2) is 6.06. The topological polar surface area (TPSA) is 58.4 Å². The summed E-state index contributed by atoms with van der Waals surface area (Å²) in [5.74, 6) is -0.0206. The largest absolute Gasteiger partial charge is 0.398 e. The third kappa shape index (κ3) is 3.07. The lowest BCUT2D eigenvalue weighted by Gasteiger charge is -2.23. The molecule has 0 spiro atoms. The van der Waals surface area contributed by atoms with Gasteiger partial charge in [-0.3, -0.25) is 9.69 Å². The first kappa shape index (κ1) is 13.9. The smallest absolute Gasteiger partial charge is 0.251 e. The summed E-state index contributed by atoms with van der Waals surface area (Å²) in [6.45, 7) is 6.98. The van der Waals surface area contributed by atoms with Crippen LogP contribution in [0.5, 0.6) is 0 Å². The molecule has 1 aromatic rings. The van der Waals surface area contributed by atoms with Gasteiger partial charge >= 0.3 is 0 Å². The molecule has 1 atom stereocenters. The van der Waals surface area contributed by atoms with Crippen molar-refractivity contribution >= 4 is 11.6 Å². The van der Waals surface area contributed by atoms with Gasteiger partial charge in [0.05, 0.1) is 0 Å². The summed E-state index contributed by atoms with van der Waals surface area (Å²) in [4.78, 5) is 14.6. The van der Waals surface area contributed by atoms with Gasteiger partial charge in [0, 0.05) is 23.8 Å². The molecule has 1 aromatic carbocycles. The number of carbonyl (C=O) groups is 1. The molecule has 0 aromatic heterocycles. The van der Waals surface area contributed by atoms with Gasteiger partial charge < -0.3 is 11.1 Å². The molecule has 0 bridgehead atoms. The Morgan fingerprint density at radius 2 is 2.32 bits per heavy atom. The van der Waals surface area contributed by atoms with Crippen LogP contribution in [0.1, 0.15) is 35.7 Å². The van der Waals surface area contributed by atoms with Gasteiger partial charge in [-0.05, 0) is 50.6 Å². The Morgan fingerprint density at radius 3 is 3.05 bits per heavy atom. The maximum absolute atomic E-state index is 12.2. The van der Waals surface area contributed by atoms with Crippen molar-refractivity contribution in [2.75, 3.05) is 25.4 Å². The van der Waals surface area contributed by atoms with Crippen LogP contribution in [0.25, 0.3) is 0 Å². The van der Waals surface area contributed by atoms with Crippen molar-refractivity contribution in [1.82, 2.24) is 10.2 Å². The van der Waals surface area contributed by atoms with Crippen molar-refractivity contribution in [2.45, 2.75) is 32.7 Å². The highest BCUT2D eigenvalue weighted by Crippen LogP contribution is 2.17. The molecular weight excluding hydrogens is 238 g/mol. The average molecular weight is 261 g/mol. The highest BCUT2D eigenvalue weighted by atomic mass is 16.1. The van der Waals surface area contributed by atoms with Crippen molar-refractivity contribution in [3.8, 4) is 0 Å². The van der Waals surface area contributed by atoms with E-state index < -0.39 is 0 Å². The number of nitrogens with two attached hydrogens (primary N) is 1. The van der Waals surface area contributed by atoms with E-state index in [-0.39, 0.29) is 5.91 Å². The fraction of sp³-hybridized carbons (Fsp3) is 0.533. The molecule has 1 aliphatic heterocycles. The number of nitrogen functional groups attached to an aromatic ring is 1. The lowest BCUT2D eigenvalue weighted by Crippen LogP contribution is -2.40. The number of carbonyl (C=O) groups excluding carboxylic acids is 1. The number of likely N-dealkylation sites (N-methyl/N-ethyl adjacent to an activating group) is 1. The van der Waals surface area contributed by atoms with E-state index in [1.165, 1.54) is 12.8 Å². The maximum atomic E-state index is 12.2. The Kier molecular flexibility index (Phi) is 4.43. The lowest BCUT2D eigenvalue weighted by atomic mass is 10.1. The third-order valence-corrected chi connectivity index (χ3v) is 4.02. The van der Waals surface area contributed by atoms with Crippen molar-refractivity contribution in [1.29, 1.82) is 0 Å². The molecule has 4 nitrogen and oxygen atoms in total. The molecule has 1 unspecified atom stereocenters. The molecule has 2 rings (SSSR count). The molecular formula is C15H23N3O. The molecule has 104 valence electrons. The number of nitrogens with one attached hydrogen (secondary N) is 1. The summed E-state index contributed by atoms with van der Waals surface area (Å²) in [5, 5.41) is 3.04. The number of nitrogens with zero attached hydrogens (tertiary/aromatic N) is 1. The molecule has 3 N–H and O–H groups in total. The number of rotatable bonds is 4. The molecule has 1 heterocycles. The fourth-order valence-corrected chi connectivity index (χ4v) is 2.75. The highest BCUT2D eigenvalue weighted by molar-refractivity contribution is 5.96. The normalized spacial score (nSPS) is 19.6. The van der Waals surface area contributed by atoms with Gasteiger partial charge in [-0.1, -0.05) is 13.0 Å². The number of anilines is 1. The minimum absolute atomic E-state index is 0.0206. The zero-order valence-electron chi connectivity index (χ0n) is 11.8. The summed E-state index contributed by atoms with van der Waals surface area (Å²) in [6, 6.07) is 5.95. The van der Waals surface area contributed by atoms with E-state index in [0.717, 1.165) is 25.2 Å². The summed E-state index contributed by atoms with van der Waals surface area (Å²) >= 11 is 0. The molecule has 1 amide bonds. The minimum Gasteiger partial charge on any atom is -0.398 e. The monoisotopic (exact) mass is 261 g/mol.